The number of thiazole rings is 1. The monoisotopic (exact) mass is 430 g/mol. The largest absolute Gasteiger partial charge is 0.497 e. The Balaban J connectivity index is 1.72. The predicted molar refractivity (Wildman–Crippen MR) is 126 cm³/mol. The molecule has 0 aliphatic heterocycles. The van der Waals surface area contributed by atoms with Crippen molar-refractivity contribution in [1.82, 2.24) is 4.98 Å². The molecule has 156 valence electrons. The highest BCUT2D eigenvalue weighted by molar-refractivity contribution is 7.19. The summed E-state index contributed by atoms with van der Waals surface area (Å²) in [5.41, 5.74) is 3.94. The molecule has 0 N–H and O–H groups in total. The van der Waals surface area contributed by atoms with Gasteiger partial charge in [0.05, 0.1) is 31.9 Å². The van der Waals surface area contributed by atoms with E-state index >= 15 is 0 Å². The van der Waals surface area contributed by atoms with Gasteiger partial charge in [0, 0.05) is 11.8 Å². The number of rotatable bonds is 7. The fourth-order valence-corrected chi connectivity index (χ4v) is 4.01. The summed E-state index contributed by atoms with van der Waals surface area (Å²) in [6.45, 7) is 0. The summed E-state index contributed by atoms with van der Waals surface area (Å²) in [7, 11) is 4.98. The van der Waals surface area contributed by atoms with Crippen molar-refractivity contribution in [3.8, 4) is 38.9 Å². The van der Waals surface area contributed by atoms with Crippen LogP contribution in [0.15, 0.2) is 77.8 Å². The van der Waals surface area contributed by atoms with Crippen molar-refractivity contribution in [2.24, 2.45) is 4.99 Å². The number of benzene rings is 3. The van der Waals surface area contributed by atoms with Crippen LogP contribution in [0.1, 0.15) is 5.56 Å². The molecule has 0 saturated heterocycles. The third-order valence-electron chi connectivity index (χ3n) is 4.77. The van der Waals surface area contributed by atoms with Crippen molar-refractivity contribution >= 4 is 22.7 Å². The van der Waals surface area contributed by atoms with Crippen LogP contribution in [0.25, 0.3) is 21.7 Å². The number of aromatic nitrogens is 1. The van der Waals surface area contributed by atoms with E-state index in [1.807, 2.05) is 79.0 Å². The summed E-state index contributed by atoms with van der Waals surface area (Å²) in [6, 6.07) is 23.6. The van der Waals surface area contributed by atoms with Gasteiger partial charge in [-0.15, -0.1) is 0 Å². The molecule has 4 rings (SSSR count). The van der Waals surface area contributed by atoms with E-state index in [1.165, 1.54) is 0 Å². The van der Waals surface area contributed by atoms with Crippen molar-refractivity contribution in [1.29, 1.82) is 0 Å². The molecule has 0 bridgehead atoms. The zero-order valence-electron chi connectivity index (χ0n) is 17.5. The third-order valence-corrected chi connectivity index (χ3v) is 5.78. The number of aliphatic imine (C=N–C) groups is 1. The molecule has 0 radical (unpaired) electrons. The SMILES string of the molecule is COc1ccc(C=Nc2nc(-c3ccc(OC)cc3)c(-c3ccc(OC)cc3)s2)cc1. The highest BCUT2D eigenvalue weighted by Gasteiger charge is 2.15. The Bertz CT molecular complexity index is 1100. The van der Waals surface area contributed by atoms with Crippen LogP contribution in [0.5, 0.6) is 17.2 Å². The quantitative estimate of drug-likeness (QED) is 0.325. The maximum Gasteiger partial charge on any atom is 0.210 e. The molecule has 1 heterocycles. The Morgan fingerprint density at radius 2 is 1.16 bits per heavy atom. The van der Waals surface area contributed by atoms with Gasteiger partial charge >= 0.3 is 0 Å². The molecule has 5 nitrogen and oxygen atoms in total. The van der Waals surface area contributed by atoms with Gasteiger partial charge < -0.3 is 14.2 Å². The summed E-state index contributed by atoms with van der Waals surface area (Å²) in [6.07, 6.45) is 1.81. The fraction of sp³-hybridized carbons (Fsp3) is 0.120. The zero-order valence-corrected chi connectivity index (χ0v) is 18.3. The van der Waals surface area contributed by atoms with Crippen molar-refractivity contribution in [3.05, 3.63) is 78.4 Å². The van der Waals surface area contributed by atoms with Crippen LogP contribution in [0.3, 0.4) is 0 Å². The Kier molecular flexibility index (Phi) is 6.29. The van der Waals surface area contributed by atoms with Gasteiger partial charge in [-0.25, -0.2) is 9.98 Å². The number of hydrogen-bond acceptors (Lipinski definition) is 6. The Labute approximate surface area is 185 Å². The van der Waals surface area contributed by atoms with E-state index in [1.54, 1.807) is 32.7 Å². The number of ether oxygens (including phenoxy) is 3. The molecular formula is C25H22N2O3S. The van der Waals surface area contributed by atoms with Crippen LogP contribution in [0.4, 0.5) is 5.13 Å². The maximum atomic E-state index is 5.30. The average molecular weight is 431 g/mol. The first-order valence-corrected chi connectivity index (χ1v) is 10.5. The molecule has 0 fully saturated rings. The molecule has 31 heavy (non-hydrogen) atoms. The summed E-state index contributed by atoms with van der Waals surface area (Å²) in [4.78, 5) is 10.5. The van der Waals surface area contributed by atoms with E-state index in [-0.39, 0.29) is 0 Å². The molecule has 4 aromatic rings. The molecule has 0 saturated carbocycles. The van der Waals surface area contributed by atoms with Gasteiger partial charge in [-0.05, 0) is 83.9 Å². The van der Waals surface area contributed by atoms with Crippen molar-refractivity contribution in [2.75, 3.05) is 21.3 Å². The second-order valence-electron chi connectivity index (χ2n) is 6.66. The van der Waals surface area contributed by atoms with Gasteiger partial charge in [-0.3, -0.25) is 0 Å². The molecule has 3 aromatic carbocycles. The van der Waals surface area contributed by atoms with Crippen molar-refractivity contribution in [2.45, 2.75) is 0 Å². The normalized spacial score (nSPS) is 10.9. The second-order valence-corrected chi connectivity index (χ2v) is 7.64. The summed E-state index contributed by atoms with van der Waals surface area (Å²) in [5.74, 6) is 2.44. The van der Waals surface area contributed by atoms with Crippen molar-refractivity contribution < 1.29 is 14.2 Å². The first-order chi connectivity index (χ1) is 15.2. The number of methoxy groups -OCH3 is 3. The zero-order chi connectivity index (χ0) is 21.6. The van der Waals surface area contributed by atoms with Gasteiger partial charge in [0.25, 0.3) is 0 Å². The Hall–Kier alpha value is -3.64. The van der Waals surface area contributed by atoms with Crippen LogP contribution in [0, 0.1) is 0 Å². The van der Waals surface area contributed by atoms with Gasteiger partial charge in [0.2, 0.25) is 5.13 Å². The molecule has 6 heteroatoms. The minimum atomic E-state index is 0.687. The predicted octanol–water partition coefficient (Wildman–Crippen LogP) is 6.25. The molecular weight excluding hydrogens is 408 g/mol. The lowest BCUT2D eigenvalue weighted by Gasteiger charge is -2.05. The number of hydrogen-bond donors (Lipinski definition) is 0. The highest BCUT2D eigenvalue weighted by Crippen LogP contribution is 2.40. The lowest BCUT2D eigenvalue weighted by Crippen LogP contribution is -1.86. The molecule has 0 aliphatic rings. The summed E-state index contributed by atoms with van der Waals surface area (Å²) in [5, 5.41) is 0.687. The molecule has 0 amide bonds. The minimum Gasteiger partial charge on any atom is -0.497 e. The van der Waals surface area contributed by atoms with Gasteiger partial charge in [0.15, 0.2) is 0 Å². The van der Waals surface area contributed by atoms with Crippen LogP contribution >= 0.6 is 11.3 Å². The van der Waals surface area contributed by atoms with E-state index in [0.717, 1.165) is 44.5 Å². The lowest BCUT2D eigenvalue weighted by molar-refractivity contribution is 0.414. The second kappa shape index (κ2) is 9.45. The van der Waals surface area contributed by atoms with Crippen molar-refractivity contribution in [3.63, 3.8) is 0 Å². The Morgan fingerprint density at radius 1 is 0.677 bits per heavy atom. The van der Waals surface area contributed by atoms with E-state index in [9.17, 15) is 0 Å². The average Bonchev–Trinajstić information content (AvgIpc) is 3.27. The smallest absolute Gasteiger partial charge is 0.210 e. The number of nitrogens with zero attached hydrogens (tertiary/aromatic N) is 2. The van der Waals surface area contributed by atoms with Gasteiger partial charge in [-0.2, -0.15) is 0 Å². The molecule has 0 atom stereocenters. The van der Waals surface area contributed by atoms with E-state index in [2.05, 4.69) is 4.99 Å². The Morgan fingerprint density at radius 3 is 1.68 bits per heavy atom. The maximum absolute atomic E-state index is 5.30. The van der Waals surface area contributed by atoms with Gasteiger partial charge in [0.1, 0.15) is 17.2 Å². The molecule has 0 spiro atoms. The molecule has 0 aliphatic carbocycles. The van der Waals surface area contributed by atoms with Gasteiger partial charge in [-0.1, -0.05) is 11.3 Å². The fourth-order valence-electron chi connectivity index (χ4n) is 3.07. The van der Waals surface area contributed by atoms with E-state index in [0.29, 0.717) is 5.13 Å². The first kappa shape index (κ1) is 20.6. The van der Waals surface area contributed by atoms with Crippen LogP contribution in [0.2, 0.25) is 0 Å². The molecule has 0 unspecified atom stereocenters. The highest BCUT2D eigenvalue weighted by atomic mass is 32.1. The lowest BCUT2D eigenvalue weighted by atomic mass is 10.1. The van der Waals surface area contributed by atoms with E-state index in [4.69, 9.17) is 19.2 Å². The standard InChI is InChI=1S/C25H22N2O3S/c1-28-20-10-4-17(5-11-20)16-26-25-27-23(18-6-12-21(29-2)13-7-18)24(31-25)19-8-14-22(30-3)15-9-19/h4-16H,1-3H3. The van der Waals surface area contributed by atoms with E-state index < -0.39 is 0 Å². The summed E-state index contributed by atoms with van der Waals surface area (Å²) >= 11 is 1.55. The topological polar surface area (TPSA) is 52.9 Å². The summed E-state index contributed by atoms with van der Waals surface area (Å²) < 4.78 is 15.8. The van der Waals surface area contributed by atoms with Crippen LogP contribution in [-0.4, -0.2) is 32.5 Å². The molecule has 1 aromatic heterocycles. The van der Waals surface area contributed by atoms with Crippen LogP contribution in [-0.2, 0) is 0 Å². The van der Waals surface area contributed by atoms with Crippen LogP contribution < -0.4 is 14.2 Å². The minimum absolute atomic E-state index is 0.687. The third kappa shape index (κ3) is 4.75. The first-order valence-electron chi connectivity index (χ1n) is 9.68.